The van der Waals surface area contributed by atoms with Crippen LogP contribution in [0.1, 0.15) is 17.9 Å². The highest BCUT2D eigenvalue weighted by molar-refractivity contribution is 6.02. The molecule has 13 heteroatoms. The normalized spacial score (nSPS) is 12.2. The Morgan fingerprint density at radius 1 is 0.927 bits per heavy atom. The van der Waals surface area contributed by atoms with E-state index in [-0.39, 0.29) is 22.8 Å². The molecule has 210 valence electrons. The third-order valence-electron chi connectivity index (χ3n) is 6.12. The molecule has 0 radical (unpaired) electrons. The van der Waals surface area contributed by atoms with E-state index in [1.165, 1.54) is 30.7 Å². The number of amides is 1. The van der Waals surface area contributed by atoms with Crippen LogP contribution >= 0.6 is 0 Å². The van der Waals surface area contributed by atoms with Crippen molar-refractivity contribution >= 4 is 22.8 Å². The van der Waals surface area contributed by atoms with Crippen LogP contribution in [0.2, 0.25) is 0 Å². The van der Waals surface area contributed by atoms with E-state index in [1.807, 2.05) is 0 Å². The number of H-pyrrole nitrogens is 1. The quantitative estimate of drug-likeness (QED) is 0.193. The van der Waals surface area contributed by atoms with E-state index in [0.717, 1.165) is 12.1 Å². The van der Waals surface area contributed by atoms with Gasteiger partial charge in [-0.1, -0.05) is 18.2 Å². The van der Waals surface area contributed by atoms with Crippen molar-refractivity contribution in [1.82, 2.24) is 24.9 Å². The fourth-order valence-electron chi connectivity index (χ4n) is 4.34. The van der Waals surface area contributed by atoms with Gasteiger partial charge in [-0.25, -0.2) is 31.9 Å². The van der Waals surface area contributed by atoms with Crippen LogP contribution < -0.4 is 10.1 Å². The Bertz CT molecular complexity index is 1650. The largest absolute Gasteiger partial charge is 0.470 e. The molecule has 0 saturated carbocycles. The number of anilines is 1. The smallest absolute Gasteiger partial charge is 0.272 e. The summed E-state index contributed by atoms with van der Waals surface area (Å²) in [6, 6.07) is 13.1. The lowest BCUT2D eigenvalue weighted by molar-refractivity contribution is -0.118. The number of alkyl halides is 4. The number of carbonyl (C=O) groups excluding carboxylic acids is 1. The van der Waals surface area contributed by atoms with Gasteiger partial charge in [0.1, 0.15) is 29.0 Å². The van der Waals surface area contributed by atoms with E-state index in [4.69, 9.17) is 4.74 Å². The van der Waals surface area contributed by atoms with Crippen molar-refractivity contribution in [3.63, 3.8) is 0 Å². The van der Waals surface area contributed by atoms with Gasteiger partial charge in [0.2, 0.25) is 18.2 Å². The molecule has 5 rings (SSSR count). The molecule has 1 amide bonds. The van der Waals surface area contributed by atoms with Crippen LogP contribution in [-0.2, 0) is 4.79 Å². The van der Waals surface area contributed by atoms with Gasteiger partial charge in [-0.2, -0.15) is 4.98 Å². The van der Waals surface area contributed by atoms with Crippen molar-refractivity contribution < 1.29 is 31.5 Å². The van der Waals surface area contributed by atoms with Gasteiger partial charge in [-0.3, -0.25) is 9.78 Å². The van der Waals surface area contributed by atoms with Gasteiger partial charge in [0.05, 0.1) is 22.9 Å². The maximum Gasteiger partial charge on any atom is 0.272 e. The maximum atomic E-state index is 13.4. The van der Waals surface area contributed by atoms with Crippen molar-refractivity contribution in [1.29, 1.82) is 0 Å². The Balaban J connectivity index is 1.53. The third-order valence-corrected chi connectivity index (χ3v) is 6.12. The van der Waals surface area contributed by atoms with Crippen LogP contribution in [0.5, 0.6) is 5.88 Å². The summed E-state index contributed by atoms with van der Waals surface area (Å²) >= 11 is 0. The molecular formula is C28H21F5N6O2. The molecule has 8 nitrogen and oxygen atoms in total. The van der Waals surface area contributed by atoms with E-state index in [2.05, 4.69) is 30.2 Å². The fourth-order valence-corrected chi connectivity index (χ4v) is 4.34. The minimum atomic E-state index is -2.79. The molecule has 5 aromatic rings. The first-order valence-electron chi connectivity index (χ1n) is 12.3. The van der Waals surface area contributed by atoms with Crippen molar-refractivity contribution in [2.75, 3.05) is 11.9 Å². The number of benzene rings is 1. The summed E-state index contributed by atoms with van der Waals surface area (Å²) in [6.45, 7) is -0.876. The average Bonchev–Trinajstić information content (AvgIpc) is 3.36. The second-order valence-electron chi connectivity index (χ2n) is 8.84. The van der Waals surface area contributed by atoms with Crippen LogP contribution in [0.3, 0.4) is 0 Å². The number of pyridine rings is 2. The van der Waals surface area contributed by atoms with Gasteiger partial charge >= 0.3 is 0 Å². The minimum absolute atomic E-state index is 0.0553. The molecular weight excluding hydrogens is 547 g/mol. The van der Waals surface area contributed by atoms with Crippen molar-refractivity contribution in [3.8, 4) is 28.4 Å². The van der Waals surface area contributed by atoms with E-state index in [1.54, 1.807) is 30.5 Å². The number of hydrogen-bond acceptors (Lipinski definition) is 6. The van der Waals surface area contributed by atoms with Crippen LogP contribution in [0.15, 0.2) is 73.3 Å². The number of fused-ring (bicyclic) bond motifs is 1. The number of carbonyl (C=O) groups is 1. The van der Waals surface area contributed by atoms with E-state index < -0.39 is 43.5 Å². The Hall–Kier alpha value is -4.94. The molecule has 0 fully saturated rings. The zero-order chi connectivity index (χ0) is 28.9. The summed E-state index contributed by atoms with van der Waals surface area (Å²) in [6.07, 6.45) is -2.12. The van der Waals surface area contributed by atoms with Gasteiger partial charge in [0, 0.05) is 24.4 Å². The van der Waals surface area contributed by atoms with Gasteiger partial charge in [0.25, 0.3) is 6.43 Å². The summed E-state index contributed by atoms with van der Waals surface area (Å²) in [7, 11) is 0. The molecule has 0 unspecified atom stereocenters. The van der Waals surface area contributed by atoms with Crippen molar-refractivity contribution in [2.24, 2.45) is 0 Å². The predicted molar refractivity (Wildman–Crippen MR) is 140 cm³/mol. The van der Waals surface area contributed by atoms with E-state index >= 15 is 0 Å². The Kier molecular flexibility index (Phi) is 8.13. The lowest BCUT2D eigenvalue weighted by Gasteiger charge is -2.17. The zero-order valence-corrected chi connectivity index (χ0v) is 21.1. The van der Waals surface area contributed by atoms with Gasteiger partial charge in [-0.15, -0.1) is 0 Å². The standard InChI is InChI=1S/C28H21F5N6O2/c29-17-6-4-15(5-7-17)18(12-20(30)31)27(40)38-22-11-16(8-10-35-22)24-23(19-3-1-2-9-34-19)25-26(39-24)28(37-14-36-25)41-13-21(32)33/h1-11,14,18,20-21,39H,12-13H2,(H,35,38,40)/t18-/m1/s1. The number of aromatic amines is 1. The second-order valence-corrected chi connectivity index (χ2v) is 8.84. The first-order valence-corrected chi connectivity index (χ1v) is 12.3. The summed E-state index contributed by atoms with van der Waals surface area (Å²) in [4.78, 5) is 33.1. The highest BCUT2D eigenvalue weighted by Gasteiger charge is 2.26. The van der Waals surface area contributed by atoms with Crippen LogP contribution in [0.25, 0.3) is 33.5 Å². The molecule has 41 heavy (non-hydrogen) atoms. The SMILES string of the molecule is O=C(Nc1cc(-c2[nH]c3c(OCC(F)F)ncnc3c2-c2ccccn2)ccn1)[C@H](CC(F)F)c1ccc(F)cc1. The van der Waals surface area contributed by atoms with E-state index in [9.17, 15) is 26.7 Å². The van der Waals surface area contributed by atoms with Gasteiger partial charge < -0.3 is 15.0 Å². The van der Waals surface area contributed by atoms with E-state index in [0.29, 0.717) is 28.0 Å². The summed E-state index contributed by atoms with van der Waals surface area (Å²) in [5.74, 6) is -2.61. The van der Waals surface area contributed by atoms with Gasteiger partial charge in [-0.05, 0) is 42.0 Å². The van der Waals surface area contributed by atoms with Crippen LogP contribution in [-0.4, -0.2) is 50.3 Å². The number of nitrogens with one attached hydrogen (secondary N) is 2. The molecule has 4 heterocycles. The predicted octanol–water partition coefficient (Wildman–Crippen LogP) is 6.24. The maximum absolute atomic E-state index is 13.4. The topological polar surface area (TPSA) is 106 Å². The highest BCUT2D eigenvalue weighted by atomic mass is 19.3. The number of halogens is 5. The Morgan fingerprint density at radius 3 is 2.44 bits per heavy atom. The van der Waals surface area contributed by atoms with Crippen LogP contribution in [0.4, 0.5) is 27.8 Å². The molecule has 1 aromatic carbocycles. The number of hydrogen-bond donors (Lipinski definition) is 2. The molecule has 0 aliphatic heterocycles. The molecule has 1 atom stereocenters. The molecule has 0 aliphatic rings. The van der Waals surface area contributed by atoms with Crippen LogP contribution in [0, 0.1) is 5.82 Å². The molecule has 0 bridgehead atoms. The summed E-state index contributed by atoms with van der Waals surface area (Å²) in [5, 5.41) is 2.57. The zero-order valence-electron chi connectivity index (χ0n) is 21.1. The summed E-state index contributed by atoms with van der Waals surface area (Å²) < 4.78 is 70.9. The number of nitrogens with zero attached hydrogens (tertiary/aromatic N) is 4. The lowest BCUT2D eigenvalue weighted by Crippen LogP contribution is -2.23. The third kappa shape index (κ3) is 6.29. The van der Waals surface area contributed by atoms with Gasteiger partial charge in [0.15, 0.2) is 6.61 Å². The number of rotatable bonds is 10. The molecule has 0 saturated heterocycles. The second kappa shape index (κ2) is 12.1. The number of ether oxygens (including phenoxy) is 1. The number of aromatic nitrogens is 5. The minimum Gasteiger partial charge on any atom is -0.470 e. The highest BCUT2D eigenvalue weighted by Crippen LogP contribution is 2.39. The fraction of sp³-hybridized carbons (Fsp3) is 0.179. The first-order chi connectivity index (χ1) is 19.8. The Morgan fingerprint density at radius 2 is 1.73 bits per heavy atom. The monoisotopic (exact) mass is 568 g/mol. The summed E-state index contributed by atoms with van der Waals surface area (Å²) in [5.41, 5.74) is 2.78. The Labute approximate surface area is 229 Å². The molecule has 0 aliphatic carbocycles. The van der Waals surface area contributed by atoms with Crippen molar-refractivity contribution in [3.05, 3.63) is 84.7 Å². The molecule has 2 N–H and O–H groups in total. The molecule has 0 spiro atoms. The molecule has 4 aromatic heterocycles. The van der Waals surface area contributed by atoms with Crippen molar-refractivity contribution in [2.45, 2.75) is 25.2 Å². The first kappa shape index (κ1) is 27.6. The average molecular weight is 569 g/mol. The lowest BCUT2D eigenvalue weighted by atomic mass is 9.95.